The van der Waals surface area contributed by atoms with E-state index in [4.69, 9.17) is 15.2 Å². The first-order chi connectivity index (χ1) is 19.6. The van der Waals surface area contributed by atoms with Crippen LogP contribution in [0.4, 0.5) is 13.2 Å². The van der Waals surface area contributed by atoms with Gasteiger partial charge in [-0.15, -0.1) is 0 Å². The molecule has 0 bridgehead atoms. The molecule has 2 fully saturated rings. The molecule has 2 amide bonds. The summed E-state index contributed by atoms with van der Waals surface area (Å²) in [5.41, 5.74) is 6.18. The van der Waals surface area contributed by atoms with Crippen LogP contribution in [0, 0.1) is 5.41 Å². The molecule has 41 heavy (non-hydrogen) atoms. The Bertz CT molecular complexity index is 1610. The maximum atomic E-state index is 13.8. The number of benzene rings is 1. The molecule has 3 aromatic heterocycles. The first kappa shape index (κ1) is 26.6. The van der Waals surface area contributed by atoms with E-state index < -0.39 is 23.8 Å². The zero-order valence-electron chi connectivity index (χ0n) is 21.7. The van der Waals surface area contributed by atoms with Crippen molar-refractivity contribution in [1.29, 1.82) is 0 Å². The first-order valence-electron chi connectivity index (χ1n) is 13.1. The number of imidazole rings is 1. The quantitative estimate of drug-likeness (QED) is 0.324. The second-order valence-corrected chi connectivity index (χ2v) is 10.6. The third kappa shape index (κ3) is 5.29. The van der Waals surface area contributed by atoms with E-state index >= 15 is 0 Å². The van der Waals surface area contributed by atoms with Crippen LogP contribution in [0.5, 0.6) is 11.6 Å². The average molecular weight is 566 g/mol. The van der Waals surface area contributed by atoms with Gasteiger partial charge in [-0.2, -0.15) is 13.2 Å². The predicted octanol–water partition coefficient (Wildman–Crippen LogP) is 4.55. The van der Waals surface area contributed by atoms with E-state index in [0.29, 0.717) is 25.7 Å². The number of primary amides is 1. The van der Waals surface area contributed by atoms with Crippen LogP contribution in [0.15, 0.2) is 67.0 Å². The molecule has 0 atom stereocenters. The summed E-state index contributed by atoms with van der Waals surface area (Å²) >= 11 is 0. The second-order valence-electron chi connectivity index (χ2n) is 10.6. The van der Waals surface area contributed by atoms with Gasteiger partial charge in [0.05, 0.1) is 11.7 Å². The lowest BCUT2D eigenvalue weighted by Gasteiger charge is -2.57. The summed E-state index contributed by atoms with van der Waals surface area (Å²) in [7, 11) is 0. The van der Waals surface area contributed by atoms with Gasteiger partial charge in [0, 0.05) is 12.2 Å². The van der Waals surface area contributed by atoms with Gasteiger partial charge in [-0.3, -0.25) is 14.0 Å². The summed E-state index contributed by atoms with van der Waals surface area (Å²) in [6.07, 6.45) is 0.568. The molecule has 2 saturated carbocycles. The molecule has 2 aliphatic rings. The zero-order chi connectivity index (χ0) is 28.8. The zero-order valence-corrected chi connectivity index (χ0v) is 21.7. The Hall–Kier alpha value is -4.61. The Labute approximate surface area is 232 Å². The van der Waals surface area contributed by atoms with Gasteiger partial charge in [0.25, 0.3) is 11.8 Å². The lowest BCUT2D eigenvalue weighted by molar-refractivity contribution is -0.145. The van der Waals surface area contributed by atoms with Crippen LogP contribution >= 0.6 is 0 Å². The van der Waals surface area contributed by atoms with Gasteiger partial charge < -0.3 is 20.5 Å². The number of rotatable bonds is 8. The second kappa shape index (κ2) is 10.1. The molecular formula is C29H26F3N5O4. The molecule has 3 heterocycles. The third-order valence-electron chi connectivity index (χ3n) is 7.66. The number of carbonyl (C=O) groups is 2. The Morgan fingerprint density at radius 1 is 1.05 bits per heavy atom. The Morgan fingerprint density at radius 2 is 1.80 bits per heavy atom. The Kier molecular flexibility index (Phi) is 6.55. The molecule has 212 valence electrons. The molecule has 2 aliphatic carbocycles. The molecule has 9 nitrogen and oxygen atoms in total. The lowest BCUT2D eigenvalue weighted by atomic mass is 9.53. The minimum atomic E-state index is -4.77. The number of hydrogen-bond donors (Lipinski definition) is 2. The highest BCUT2D eigenvalue weighted by atomic mass is 19.4. The number of amides is 2. The highest BCUT2D eigenvalue weighted by molar-refractivity contribution is 5.99. The van der Waals surface area contributed by atoms with Crippen LogP contribution in [-0.4, -0.2) is 38.3 Å². The number of nitrogens with two attached hydrogens (primary N) is 1. The number of fused-ring (bicyclic) bond motifs is 1. The molecule has 0 unspecified atom stereocenters. The van der Waals surface area contributed by atoms with Gasteiger partial charge in [-0.05, 0) is 60.9 Å². The topological polar surface area (TPSA) is 121 Å². The molecule has 0 radical (unpaired) electrons. The highest BCUT2D eigenvalue weighted by Crippen LogP contribution is 2.56. The number of ether oxygens (including phenoxy) is 2. The van der Waals surface area contributed by atoms with Crippen molar-refractivity contribution in [2.24, 2.45) is 11.1 Å². The fourth-order valence-corrected chi connectivity index (χ4v) is 5.75. The Balaban J connectivity index is 1.09. The van der Waals surface area contributed by atoms with Crippen LogP contribution in [0.3, 0.4) is 0 Å². The summed E-state index contributed by atoms with van der Waals surface area (Å²) in [5.74, 6) is -2.07. The minimum absolute atomic E-state index is 0.0251. The number of alkyl halides is 3. The van der Waals surface area contributed by atoms with Crippen molar-refractivity contribution >= 4 is 17.3 Å². The van der Waals surface area contributed by atoms with E-state index in [2.05, 4.69) is 15.3 Å². The van der Waals surface area contributed by atoms with Crippen LogP contribution in [0.25, 0.3) is 5.52 Å². The molecule has 3 N–H and O–H groups in total. The van der Waals surface area contributed by atoms with E-state index in [1.165, 1.54) is 24.5 Å². The van der Waals surface area contributed by atoms with E-state index in [9.17, 15) is 22.8 Å². The molecule has 1 aromatic carbocycles. The summed E-state index contributed by atoms with van der Waals surface area (Å²) in [4.78, 5) is 32.4. The number of pyridine rings is 2. The van der Waals surface area contributed by atoms with Crippen LogP contribution < -0.4 is 20.5 Å². The summed E-state index contributed by atoms with van der Waals surface area (Å²) in [6, 6.07) is 15.1. The Morgan fingerprint density at radius 3 is 2.51 bits per heavy atom. The van der Waals surface area contributed by atoms with Crippen molar-refractivity contribution in [2.45, 2.75) is 50.6 Å². The standard InChI is InChI=1S/C29H26F3N5O4/c30-29(31,32)27-36-23(22-9-8-19(15-37(22)27)40-16-17-5-2-1-3-6-17)25(39)35-18-11-28(12-18)13-20(14-28)41-26-21(24(33)38)7-4-10-34-26/h1-10,15,18,20H,11-14,16H2,(H2,33,38)(H,35,39). The van der Waals surface area contributed by atoms with Crippen molar-refractivity contribution in [3.63, 3.8) is 0 Å². The van der Waals surface area contributed by atoms with Crippen molar-refractivity contribution in [3.05, 3.63) is 89.6 Å². The summed E-state index contributed by atoms with van der Waals surface area (Å²) < 4.78 is 53.9. The van der Waals surface area contributed by atoms with E-state index in [0.717, 1.165) is 9.96 Å². The van der Waals surface area contributed by atoms with E-state index in [-0.39, 0.29) is 52.6 Å². The smallest absolute Gasteiger partial charge is 0.450 e. The van der Waals surface area contributed by atoms with Crippen LogP contribution in [-0.2, 0) is 12.8 Å². The normalized spacial score (nSPS) is 21.6. The molecular weight excluding hydrogens is 539 g/mol. The monoisotopic (exact) mass is 565 g/mol. The predicted molar refractivity (Wildman–Crippen MR) is 140 cm³/mol. The lowest BCUT2D eigenvalue weighted by Crippen LogP contribution is -2.58. The first-order valence-corrected chi connectivity index (χ1v) is 13.1. The number of halogens is 3. The average Bonchev–Trinajstić information content (AvgIpc) is 3.30. The number of nitrogens with one attached hydrogen (secondary N) is 1. The number of aromatic nitrogens is 3. The molecule has 6 rings (SSSR count). The van der Waals surface area contributed by atoms with E-state index in [1.54, 1.807) is 12.1 Å². The fraction of sp³-hybridized carbons (Fsp3) is 0.310. The highest BCUT2D eigenvalue weighted by Gasteiger charge is 2.54. The van der Waals surface area contributed by atoms with Gasteiger partial charge in [-0.25, -0.2) is 9.97 Å². The summed E-state index contributed by atoms with van der Waals surface area (Å²) in [6.45, 7) is 0.180. The maximum absolute atomic E-state index is 13.8. The van der Waals surface area contributed by atoms with Crippen molar-refractivity contribution < 1.29 is 32.2 Å². The van der Waals surface area contributed by atoms with Gasteiger partial charge in [0.15, 0.2) is 5.69 Å². The maximum Gasteiger partial charge on any atom is 0.450 e. The minimum Gasteiger partial charge on any atom is -0.487 e. The van der Waals surface area contributed by atoms with Gasteiger partial charge in [-0.1, -0.05) is 30.3 Å². The third-order valence-corrected chi connectivity index (χ3v) is 7.66. The number of carbonyl (C=O) groups excluding carboxylic acids is 2. The summed E-state index contributed by atoms with van der Waals surface area (Å²) in [5, 5.41) is 2.84. The number of nitrogens with zero attached hydrogens (tertiary/aromatic N) is 3. The van der Waals surface area contributed by atoms with Crippen molar-refractivity contribution in [2.75, 3.05) is 0 Å². The van der Waals surface area contributed by atoms with E-state index in [1.807, 2.05) is 30.3 Å². The molecule has 12 heteroatoms. The molecule has 0 aliphatic heterocycles. The molecule has 1 spiro atoms. The van der Waals surface area contributed by atoms with Crippen LogP contribution in [0.2, 0.25) is 0 Å². The molecule has 0 saturated heterocycles. The van der Waals surface area contributed by atoms with Crippen molar-refractivity contribution in [3.8, 4) is 11.6 Å². The van der Waals surface area contributed by atoms with Gasteiger partial charge in [0.1, 0.15) is 24.0 Å². The van der Waals surface area contributed by atoms with Crippen molar-refractivity contribution in [1.82, 2.24) is 19.7 Å². The van der Waals surface area contributed by atoms with Gasteiger partial charge in [0.2, 0.25) is 11.7 Å². The molecule has 4 aromatic rings. The fourth-order valence-electron chi connectivity index (χ4n) is 5.75. The largest absolute Gasteiger partial charge is 0.487 e. The van der Waals surface area contributed by atoms with Gasteiger partial charge >= 0.3 is 6.18 Å². The van der Waals surface area contributed by atoms with Crippen LogP contribution in [0.1, 0.15) is 57.9 Å². The number of hydrogen-bond acceptors (Lipinski definition) is 6. The SMILES string of the molecule is NC(=O)c1cccnc1OC1CC2(CC(NC(=O)c3nc(C(F)(F)F)n4cc(OCc5ccccc5)ccc34)C2)C1.